The first-order chi connectivity index (χ1) is 42.7. The van der Waals surface area contributed by atoms with Gasteiger partial charge >= 0.3 is 11.9 Å². The van der Waals surface area contributed by atoms with Gasteiger partial charge in [-0.15, -0.1) is 6.58 Å². The number of hydrogen-bond donors (Lipinski definition) is 0. The summed E-state index contributed by atoms with van der Waals surface area (Å²) in [5, 5.41) is 0. The molecule has 1 atom stereocenters. The molecule has 0 saturated carbocycles. The zero-order chi connectivity index (χ0) is 61.8. The second-order valence-electron chi connectivity index (χ2n) is 20.5. The Morgan fingerprint density at radius 3 is 1.30 bits per heavy atom. The fourth-order valence-electron chi connectivity index (χ4n) is 8.30. The van der Waals surface area contributed by atoms with E-state index < -0.39 is 5.97 Å². The van der Waals surface area contributed by atoms with Crippen molar-refractivity contribution in [2.24, 2.45) is 5.92 Å². The smallest absolute Gasteiger partial charge is 0.343 e. The molecule has 0 spiro atoms. The van der Waals surface area contributed by atoms with Crippen molar-refractivity contribution in [2.45, 2.75) is 125 Å². The Morgan fingerprint density at radius 1 is 0.448 bits per heavy atom. The van der Waals surface area contributed by atoms with Crippen LogP contribution in [0, 0.1) is 12.8 Å². The predicted molar refractivity (Wildman–Crippen MR) is 339 cm³/mol. The standard InChI is InChI=1S/C39H50O10.C33H40O5/c1-4-24-45-47-28-12-8-6-10-26-41-34-16-14-33(15-17-34)39(40)49-37-22-23-38(32(3)30-37)44-31-43-36-20-18-35(19-21-36)42-27-11-7-9-13-29-48-46-25-5-2;1-4-22-36-37-24-9-7-6-8-23-35-31-18-16-30(17-19-31)33(34)38-32-20-14-29(15-21-32)28-12-10-27(11-13-28)25-26(3)5-2/h4-5,14-24,30H,2,6-13,25-29,31H2,1,3H3;4,10-22,26H,5-9,23-25H2,1-3H3/b24-4+;22-4+. The van der Waals surface area contributed by atoms with Crippen LogP contribution in [0.3, 0.4) is 0 Å². The van der Waals surface area contributed by atoms with E-state index in [1.54, 1.807) is 85.0 Å². The lowest BCUT2D eigenvalue weighted by Crippen LogP contribution is -2.09. The predicted octanol–water partition coefficient (Wildman–Crippen LogP) is 17.7. The van der Waals surface area contributed by atoms with E-state index in [0.29, 0.717) is 92.0 Å². The summed E-state index contributed by atoms with van der Waals surface area (Å²) < 4.78 is 40.1. The topological polar surface area (TPSA) is 154 Å². The van der Waals surface area contributed by atoms with Crippen LogP contribution in [-0.4, -0.2) is 65.0 Å². The Labute approximate surface area is 515 Å². The Kier molecular flexibility index (Phi) is 34.9. The number of unbranched alkanes of at least 4 members (excludes halogenated alkanes) is 9. The van der Waals surface area contributed by atoms with Crippen LogP contribution in [-0.2, 0) is 35.7 Å². The van der Waals surface area contributed by atoms with Gasteiger partial charge in [-0.05, 0) is 228 Å². The van der Waals surface area contributed by atoms with Gasteiger partial charge in [0.1, 0.15) is 59.4 Å². The van der Waals surface area contributed by atoms with Crippen LogP contribution in [0.4, 0.5) is 0 Å². The highest BCUT2D eigenvalue weighted by atomic mass is 17.2. The lowest BCUT2D eigenvalue weighted by molar-refractivity contribution is -0.286. The number of rotatable bonds is 43. The van der Waals surface area contributed by atoms with E-state index in [4.69, 9.17) is 62.5 Å². The molecule has 15 heteroatoms. The maximum Gasteiger partial charge on any atom is 0.343 e. The van der Waals surface area contributed by atoms with E-state index in [-0.39, 0.29) is 12.8 Å². The summed E-state index contributed by atoms with van der Waals surface area (Å²) in [7, 11) is 0. The third kappa shape index (κ3) is 29.7. The van der Waals surface area contributed by atoms with Gasteiger partial charge in [-0.3, -0.25) is 0 Å². The van der Waals surface area contributed by atoms with Crippen molar-refractivity contribution in [2.75, 3.05) is 53.0 Å². The van der Waals surface area contributed by atoms with Crippen molar-refractivity contribution in [3.05, 3.63) is 199 Å². The molecule has 0 aliphatic heterocycles. The molecule has 0 bridgehead atoms. The monoisotopic (exact) mass is 1190 g/mol. The van der Waals surface area contributed by atoms with E-state index in [1.807, 2.05) is 69.3 Å². The summed E-state index contributed by atoms with van der Waals surface area (Å²) in [6.07, 6.45) is 22.5. The third-order valence-corrected chi connectivity index (χ3v) is 13.4. The molecular weight excluding hydrogens is 1100 g/mol. The molecular formula is C72H90O15. The van der Waals surface area contributed by atoms with Gasteiger partial charge in [0.25, 0.3) is 0 Å². The van der Waals surface area contributed by atoms with Crippen LogP contribution in [0.5, 0.6) is 40.2 Å². The minimum absolute atomic E-state index is 0.0263. The molecule has 0 fully saturated rings. The molecule has 0 saturated heterocycles. The van der Waals surface area contributed by atoms with Crippen LogP contribution in [0.25, 0.3) is 11.1 Å². The number of hydrogen-bond acceptors (Lipinski definition) is 15. The molecule has 0 aromatic heterocycles. The van der Waals surface area contributed by atoms with Crippen molar-refractivity contribution in [3.8, 4) is 51.4 Å². The van der Waals surface area contributed by atoms with Gasteiger partial charge < -0.3 is 42.9 Å². The maximum absolute atomic E-state index is 12.7. The van der Waals surface area contributed by atoms with Gasteiger partial charge in [0, 0.05) is 0 Å². The van der Waals surface area contributed by atoms with Crippen LogP contribution >= 0.6 is 0 Å². The number of aryl methyl sites for hydroxylation is 1. The van der Waals surface area contributed by atoms with E-state index in [2.05, 4.69) is 44.7 Å². The van der Waals surface area contributed by atoms with Crippen LogP contribution in [0.1, 0.15) is 143 Å². The molecule has 0 aliphatic carbocycles. The van der Waals surface area contributed by atoms with Crippen LogP contribution in [0.2, 0.25) is 0 Å². The Hall–Kier alpha value is -8.08. The molecule has 468 valence electrons. The quantitative estimate of drug-likeness (QED) is 0.00521. The van der Waals surface area contributed by atoms with Gasteiger partial charge in [0.05, 0.1) is 50.8 Å². The SMILES string of the molecule is C/C=C/OOCCCCCCOc1ccc(C(=O)Oc2ccc(-c3ccc(CC(C)CC)cc3)cc2)cc1.C=CCOOCCCCCCOc1ccc(OCOc2ccc(OC(=O)c3ccc(OCCCCCCOO/C=C/C)cc3)cc2C)cc1. The average Bonchev–Trinajstić information content (AvgIpc) is 3.74. The first kappa shape index (κ1) is 69.7. The van der Waals surface area contributed by atoms with Gasteiger partial charge in [-0.1, -0.05) is 82.0 Å². The van der Waals surface area contributed by atoms with Crippen LogP contribution < -0.4 is 33.2 Å². The molecule has 6 rings (SSSR count). The molecule has 0 radical (unpaired) electrons. The largest absolute Gasteiger partial charge is 0.494 e. The van der Waals surface area contributed by atoms with Crippen molar-refractivity contribution >= 4 is 11.9 Å². The number of esters is 2. The first-order valence-corrected chi connectivity index (χ1v) is 30.5. The Balaban J connectivity index is 0.000000327. The molecule has 1 unspecified atom stereocenters. The molecule has 0 aliphatic rings. The highest BCUT2D eigenvalue weighted by molar-refractivity contribution is 5.91. The minimum atomic E-state index is -0.452. The van der Waals surface area contributed by atoms with E-state index in [9.17, 15) is 9.59 Å². The molecule has 0 amide bonds. The second kappa shape index (κ2) is 43.5. The van der Waals surface area contributed by atoms with Crippen molar-refractivity contribution in [1.29, 1.82) is 0 Å². The normalized spacial score (nSPS) is 11.3. The summed E-state index contributed by atoms with van der Waals surface area (Å²) in [6.45, 7) is 17.7. The Bertz CT molecular complexity index is 2850. The number of benzene rings is 6. The Morgan fingerprint density at radius 2 is 0.851 bits per heavy atom. The molecule has 15 nitrogen and oxygen atoms in total. The zero-order valence-electron chi connectivity index (χ0n) is 51.6. The number of carbonyl (C=O) groups excluding carboxylic acids is 2. The second-order valence-corrected chi connectivity index (χ2v) is 20.5. The van der Waals surface area contributed by atoms with Crippen molar-refractivity contribution < 1.29 is 72.1 Å². The average molecular weight is 1200 g/mol. The minimum Gasteiger partial charge on any atom is -0.494 e. The molecule has 0 heterocycles. The lowest BCUT2D eigenvalue weighted by atomic mass is 9.97. The summed E-state index contributed by atoms with van der Waals surface area (Å²) in [5.41, 5.74) is 5.33. The van der Waals surface area contributed by atoms with Crippen LogP contribution in [0.15, 0.2) is 177 Å². The fourth-order valence-corrected chi connectivity index (χ4v) is 8.30. The maximum atomic E-state index is 12.7. The number of allylic oxidation sites excluding steroid dienone is 2. The summed E-state index contributed by atoms with van der Waals surface area (Å²) >= 11 is 0. The lowest BCUT2D eigenvalue weighted by Gasteiger charge is -2.12. The van der Waals surface area contributed by atoms with E-state index >= 15 is 0 Å². The first-order valence-electron chi connectivity index (χ1n) is 30.5. The molecule has 6 aromatic rings. The van der Waals surface area contributed by atoms with E-state index in [1.165, 1.54) is 24.5 Å². The fraction of sp³-hybridized carbons (Fsp3) is 0.389. The highest BCUT2D eigenvalue weighted by Crippen LogP contribution is 2.27. The van der Waals surface area contributed by atoms with Gasteiger partial charge in [0.15, 0.2) is 0 Å². The van der Waals surface area contributed by atoms with Gasteiger partial charge in [-0.25, -0.2) is 19.4 Å². The summed E-state index contributed by atoms with van der Waals surface area (Å²) in [4.78, 5) is 54.9. The molecule has 0 N–H and O–H groups in total. The molecule has 87 heavy (non-hydrogen) atoms. The summed E-state index contributed by atoms with van der Waals surface area (Å²) in [6, 6.07) is 43.0. The summed E-state index contributed by atoms with van der Waals surface area (Å²) in [5.74, 6) is 4.32. The zero-order valence-corrected chi connectivity index (χ0v) is 51.6. The van der Waals surface area contributed by atoms with Crippen molar-refractivity contribution in [1.82, 2.24) is 0 Å². The third-order valence-electron chi connectivity index (χ3n) is 13.4. The highest BCUT2D eigenvalue weighted by Gasteiger charge is 2.13. The molecule has 6 aromatic carbocycles. The number of carbonyl (C=O) groups is 2. The number of ether oxygens (including phenoxy) is 7. The van der Waals surface area contributed by atoms with Gasteiger partial charge in [-0.2, -0.15) is 9.78 Å². The van der Waals surface area contributed by atoms with Gasteiger partial charge in [0.2, 0.25) is 6.79 Å². The van der Waals surface area contributed by atoms with E-state index in [0.717, 1.165) is 112 Å². The van der Waals surface area contributed by atoms with Crippen molar-refractivity contribution in [3.63, 3.8) is 0 Å².